The van der Waals surface area contributed by atoms with Gasteiger partial charge in [0.15, 0.2) is 0 Å². The van der Waals surface area contributed by atoms with Crippen LogP contribution in [0.2, 0.25) is 0 Å². The number of carboxylic acids is 1. The average molecular weight is 269 g/mol. The van der Waals surface area contributed by atoms with Gasteiger partial charge in [0, 0.05) is 6.42 Å². The Bertz CT molecular complexity index is 418. The molecule has 5 nitrogen and oxygen atoms in total. The van der Waals surface area contributed by atoms with Crippen LogP contribution in [0.4, 0.5) is 0 Å². The lowest BCUT2D eigenvalue weighted by Crippen LogP contribution is -2.56. The summed E-state index contributed by atoms with van der Waals surface area (Å²) >= 11 is 0. The summed E-state index contributed by atoms with van der Waals surface area (Å²) < 4.78 is 0. The van der Waals surface area contributed by atoms with Crippen LogP contribution in [0.25, 0.3) is 0 Å². The predicted octanol–water partition coefficient (Wildman–Crippen LogP) is 2.05. The zero-order valence-electron chi connectivity index (χ0n) is 12.3. The molecule has 108 valence electrons. The van der Waals surface area contributed by atoms with E-state index in [1.54, 1.807) is 6.92 Å². The molecule has 1 fully saturated rings. The van der Waals surface area contributed by atoms with Crippen LogP contribution in [0.3, 0.4) is 0 Å². The van der Waals surface area contributed by atoms with E-state index in [2.05, 4.69) is 0 Å². The Labute approximate surface area is 114 Å². The van der Waals surface area contributed by atoms with Gasteiger partial charge in [-0.3, -0.25) is 14.5 Å². The largest absolute Gasteiger partial charge is 0.479 e. The van der Waals surface area contributed by atoms with E-state index in [1.807, 2.05) is 20.8 Å². The molecule has 0 aliphatic carbocycles. The zero-order chi connectivity index (χ0) is 15.0. The Hall–Kier alpha value is -1.39. The number of carbonyl (C=O) groups is 3. The van der Waals surface area contributed by atoms with E-state index in [4.69, 9.17) is 0 Å². The second kappa shape index (κ2) is 4.94. The van der Waals surface area contributed by atoms with Crippen LogP contribution in [0, 0.1) is 11.3 Å². The number of aliphatic carboxylic acids is 1. The number of carboxylic acid groups (broad SMARTS) is 1. The lowest BCUT2D eigenvalue weighted by atomic mass is 9.77. The molecule has 0 saturated carbocycles. The molecule has 2 amide bonds. The lowest BCUT2D eigenvalue weighted by Gasteiger charge is -2.35. The highest BCUT2D eigenvalue weighted by Gasteiger charge is 2.57. The Morgan fingerprint density at radius 3 is 2.32 bits per heavy atom. The normalized spacial score (nSPS) is 26.9. The van der Waals surface area contributed by atoms with E-state index in [9.17, 15) is 19.5 Å². The molecular weight excluding hydrogens is 246 g/mol. The summed E-state index contributed by atoms with van der Waals surface area (Å²) in [6.07, 6.45) is 0.961. The zero-order valence-corrected chi connectivity index (χ0v) is 12.3. The number of hydrogen-bond donors (Lipinski definition) is 1. The molecule has 5 heteroatoms. The van der Waals surface area contributed by atoms with E-state index in [0.29, 0.717) is 6.42 Å². The Balaban J connectivity index is 3.24. The molecule has 1 saturated heterocycles. The fraction of sp³-hybridized carbons (Fsp3) is 0.786. The summed E-state index contributed by atoms with van der Waals surface area (Å²) in [5.41, 5.74) is -2.23. The first-order chi connectivity index (χ1) is 8.61. The summed E-state index contributed by atoms with van der Waals surface area (Å²) in [6, 6.07) is 0. The van der Waals surface area contributed by atoms with Gasteiger partial charge in [-0.1, -0.05) is 27.2 Å². The van der Waals surface area contributed by atoms with Crippen molar-refractivity contribution in [3.63, 3.8) is 0 Å². The van der Waals surface area contributed by atoms with Gasteiger partial charge in [-0.2, -0.15) is 0 Å². The summed E-state index contributed by atoms with van der Waals surface area (Å²) in [5.74, 6) is -1.86. The van der Waals surface area contributed by atoms with E-state index in [-0.39, 0.29) is 30.6 Å². The minimum atomic E-state index is -1.43. The van der Waals surface area contributed by atoms with Crippen LogP contribution in [0.1, 0.15) is 53.9 Å². The molecule has 0 aromatic carbocycles. The third-order valence-electron chi connectivity index (χ3n) is 4.42. The Morgan fingerprint density at radius 2 is 2.00 bits per heavy atom. The van der Waals surface area contributed by atoms with Gasteiger partial charge < -0.3 is 5.11 Å². The van der Waals surface area contributed by atoms with Gasteiger partial charge >= 0.3 is 5.97 Å². The monoisotopic (exact) mass is 269 g/mol. The maximum absolute atomic E-state index is 12.5. The summed E-state index contributed by atoms with van der Waals surface area (Å²) in [6.45, 7) is 8.81. The first-order valence-electron chi connectivity index (χ1n) is 6.72. The van der Waals surface area contributed by atoms with Crippen LogP contribution in [-0.4, -0.2) is 33.3 Å². The van der Waals surface area contributed by atoms with Gasteiger partial charge in [0.1, 0.15) is 5.54 Å². The number of amides is 2. The smallest absolute Gasteiger partial charge is 0.329 e. The number of imide groups is 1. The van der Waals surface area contributed by atoms with Crippen molar-refractivity contribution in [2.45, 2.75) is 59.4 Å². The minimum Gasteiger partial charge on any atom is -0.479 e. The first kappa shape index (κ1) is 15.7. The van der Waals surface area contributed by atoms with E-state index in [1.165, 1.54) is 6.92 Å². The minimum absolute atomic E-state index is 0.00591. The Kier molecular flexibility index (Phi) is 4.08. The number of rotatable bonds is 5. The highest BCUT2D eigenvalue weighted by atomic mass is 16.4. The van der Waals surface area contributed by atoms with Crippen molar-refractivity contribution in [2.75, 3.05) is 0 Å². The number of carbonyl (C=O) groups excluding carboxylic acids is 2. The maximum Gasteiger partial charge on any atom is 0.329 e. The van der Waals surface area contributed by atoms with Crippen molar-refractivity contribution in [1.29, 1.82) is 0 Å². The quantitative estimate of drug-likeness (QED) is 0.775. The van der Waals surface area contributed by atoms with Crippen LogP contribution in [0.5, 0.6) is 0 Å². The van der Waals surface area contributed by atoms with Crippen molar-refractivity contribution in [3.05, 3.63) is 0 Å². The topological polar surface area (TPSA) is 74.7 Å². The molecule has 19 heavy (non-hydrogen) atoms. The second-order valence-electron chi connectivity index (χ2n) is 6.11. The highest BCUT2D eigenvalue weighted by molar-refractivity contribution is 6.09. The van der Waals surface area contributed by atoms with E-state index >= 15 is 0 Å². The summed E-state index contributed by atoms with van der Waals surface area (Å²) in [5, 5.41) is 9.42. The maximum atomic E-state index is 12.5. The number of likely N-dealkylation sites (tertiary alicyclic amines) is 1. The second-order valence-corrected chi connectivity index (χ2v) is 6.11. The highest BCUT2D eigenvalue weighted by Crippen LogP contribution is 2.43. The third-order valence-corrected chi connectivity index (χ3v) is 4.42. The molecule has 2 atom stereocenters. The van der Waals surface area contributed by atoms with Crippen LogP contribution in [-0.2, 0) is 14.4 Å². The molecule has 1 heterocycles. The predicted molar refractivity (Wildman–Crippen MR) is 70.4 cm³/mol. The lowest BCUT2D eigenvalue weighted by molar-refractivity contribution is -0.164. The van der Waals surface area contributed by atoms with Crippen molar-refractivity contribution in [1.82, 2.24) is 4.90 Å². The van der Waals surface area contributed by atoms with Gasteiger partial charge in [0.05, 0.1) is 5.41 Å². The molecular formula is C14H23NO4. The van der Waals surface area contributed by atoms with E-state index in [0.717, 1.165) is 4.90 Å². The average Bonchev–Trinajstić information content (AvgIpc) is 2.51. The first-order valence-corrected chi connectivity index (χ1v) is 6.72. The fourth-order valence-electron chi connectivity index (χ4n) is 2.59. The molecule has 1 N–H and O–H groups in total. The van der Waals surface area contributed by atoms with Gasteiger partial charge in [-0.25, -0.2) is 4.79 Å². The molecule has 0 aromatic rings. The SMILES string of the molecule is CCCC(C)(C(=O)O)N1C(=O)CC(C)(C(C)C)C1=O. The van der Waals surface area contributed by atoms with Crippen LogP contribution in [0.15, 0.2) is 0 Å². The molecule has 0 aromatic heterocycles. The number of hydrogen-bond acceptors (Lipinski definition) is 3. The van der Waals surface area contributed by atoms with Crippen molar-refractivity contribution < 1.29 is 19.5 Å². The molecule has 0 spiro atoms. The summed E-state index contributed by atoms with van der Waals surface area (Å²) in [4.78, 5) is 37.2. The fourth-order valence-corrected chi connectivity index (χ4v) is 2.59. The summed E-state index contributed by atoms with van der Waals surface area (Å²) in [7, 11) is 0. The number of nitrogens with zero attached hydrogens (tertiary/aromatic N) is 1. The van der Waals surface area contributed by atoms with Gasteiger partial charge in [-0.15, -0.1) is 0 Å². The van der Waals surface area contributed by atoms with Crippen molar-refractivity contribution in [2.24, 2.45) is 11.3 Å². The molecule has 0 bridgehead atoms. The molecule has 0 radical (unpaired) electrons. The molecule has 1 aliphatic heterocycles. The Morgan fingerprint density at radius 1 is 1.47 bits per heavy atom. The van der Waals surface area contributed by atoms with Gasteiger partial charge in [0.2, 0.25) is 11.8 Å². The molecule has 1 aliphatic rings. The molecule has 2 unspecified atom stereocenters. The van der Waals surface area contributed by atoms with E-state index < -0.39 is 16.9 Å². The van der Waals surface area contributed by atoms with Gasteiger partial charge in [0.25, 0.3) is 0 Å². The van der Waals surface area contributed by atoms with Crippen LogP contribution < -0.4 is 0 Å². The molecule has 1 rings (SSSR count). The van der Waals surface area contributed by atoms with Crippen molar-refractivity contribution in [3.8, 4) is 0 Å². The van der Waals surface area contributed by atoms with Gasteiger partial charge in [-0.05, 0) is 26.2 Å². The third kappa shape index (κ3) is 2.26. The van der Waals surface area contributed by atoms with Crippen LogP contribution >= 0.6 is 0 Å². The standard InChI is InChI=1S/C14H23NO4/c1-6-7-14(5,12(18)19)15-10(16)8-13(4,9(2)3)11(15)17/h9H,6-8H2,1-5H3,(H,18,19). The van der Waals surface area contributed by atoms with Crippen molar-refractivity contribution >= 4 is 17.8 Å².